The molecule has 0 saturated carbocycles. The molecule has 0 amide bonds. The fraction of sp³-hybridized carbons (Fsp3) is 0.375. The van der Waals surface area contributed by atoms with Gasteiger partial charge in [-0.05, 0) is 30.5 Å². The van der Waals surface area contributed by atoms with Gasteiger partial charge >= 0.3 is 6.18 Å². The van der Waals surface area contributed by atoms with E-state index < -0.39 is 11.7 Å². The summed E-state index contributed by atoms with van der Waals surface area (Å²) in [6.45, 7) is 2.38. The maximum absolute atomic E-state index is 12.5. The van der Waals surface area contributed by atoms with E-state index in [9.17, 15) is 13.2 Å². The molecule has 0 aromatic carbocycles. The second kappa shape index (κ2) is 6.77. The summed E-state index contributed by atoms with van der Waals surface area (Å²) in [6, 6.07) is 3.78. The Balaban J connectivity index is 1.98. The fourth-order valence-electron chi connectivity index (χ4n) is 2.14. The third-order valence-electron chi connectivity index (χ3n) is 3.51. The molecular weight excluding hydrogens is 291 g/mol. The number of nitrogens with zero attached hydrogens (tertiary/aromatic N) is 2. The van der Waals surface area contributed by atoms with Crippen LogP contribution in [0.15, 0.2) is 47.1 Å². The average Bonchev–Trinajstić information content (AvgIpc) is 2.52. The number of allylic oxidation sites excluding steroid dienone is 3. The number of hydrogen-bond donors (Lipinski definition) is 1. The SMILES string of the molecule is CCc1ccnc(C(N)=NCC2C=CC(C(F)(F)F)=CC2)c1. The van der Waals surface area contributed by atoms with Gasteiger partial charge < -0.3 is 5.73 Å². The van der Waals surface area contributed by atoms with Crippen molar-refractivity contribution in [2.24, 2.45) is 16.6 Å². The van der Waals surface area contributed by atoms with Gasteiger partial charge in [0.25, 0.3) is 0 Å². The lowest BCUT2D eigenvalue weighted by Gasteiger charge is -2.16. The summed E-state index contributed by atoms with van der Waals surface area (Å²) in [5.74, 6) is 0.244. The van der Waals surface area contributed by atoms with Crippen molar-refractivity contribution in [1.29, 1.82) is 0 Å². The van der Waals surface area contributed by atoms with Crippen LogP contribution in [0.1, 0.15) is 24.6 Å². The van der Waals surface area contributed by atoms with E-state index >= 15 is 0 Å². The van der Waals surface area contributed by atoms with Gasteiger partial charge in [-0.2, -0.15) is 13.2 Å². The van der Waals surface area contributed by atoms with Crippen molar-refractivity contribution in [1.82, 2.24) is 4.98 Å². The van der Waals surface area contributed by atoms with Crippen LogP contribution in [-0.2, 0) is 6.42 Å². The molecule has 1 unspecified atom stereocenters. The highest BCUT2D eigenvalue weighted by molar-refractivity contribution is 5.95. The number of aromatic nitrogens is 1. The Bertz CT molecular complexity index is 615. The zero-order valence-corrected chi connectivity index (χ0v) is 12.3. The van der Waals surface area contributed by atoms with Crippen molar-refractivity contribution in [3.8, 4) is 0 Å². The lowest BCUT2D eigenvalue weighted by Crippen LogP contribution is -2.18. The fourth-order valence-corrected chi connectivity index (χ4v) is 2.14. The van der Waals surface area contributed by atoms with Gasteiger partial charge in [-0.1, -0.05) is 25.2 Å². The van der Waals surface area contributed by atoms with Gasteiger partial charge in [0, 0.05) is 18.7 Å². The van der Waals surface area contributed by atoms with Gasteiger partial charge in [-0.25, -0.2) is 0 Å². The maximum atomic E-state index is 12.5. The molecule has 0 radical (unpaired) electrons. The molecule has 1 aromatic rings. The molecule has 1 atom stereocenters. The second-order valence-electron chi connectivity index (χ2n) is 5.14. The van der Waals surface area contributed by atoms with E-state index in [4.69, 9.17) is 5.73 Å². The third kappa shape index (κ3) is 4.19. The van der Waals surface area contributed by atoms with Gasteiger partial charge in [-0.15, -0.1) is 0 Å². The zero-order chi connectivity index (χ0) is 16.2. The lowest BCUT2D eigenvalue weighted by molar-refractivity contribution is -0.0887. The first-order chi connectivity index (χ1) is 10.4. The molecule has 0 aliphatic heterocycles. The van der Waals surface area contributed by atoms with Crippen molar-refractivity contribution in [2.45, 2.75) is 25.9 Å². The first-order valence-corrected chi connectivity index (χ1v) is 7.11. The minimum Gasteiger partial charge on any atom is -0.382 e. The number of alkyl halides is 3. The molecule has 1 aliphatic rings. The van der Waals surface area contributed by atoms with Crippen molar-refractivity contribution in [3.05, 3.63) is 53.4 Å². The summed E-state index contributed by atoms with van der Waals surface area (Å²) in [4.78, 5) is 8.41. The predicted octanol–water partition coefficient (Wildman–Crippen LogP) is 3.41. The smallest absolute Gasteiger partial charge is 0.382 e. The molecule has 0 saturated heterocycles. The quantitative estimate of drug-likeness (QED) is 0.684. The van der Waals surface area contributed by atoms with Crippen LogP contribution in [0.5, 0.6) is 0 Å². The number of halogens is 3. The van der Waals surface area contributed by atoms with E-state index in [1.807, 2.05) is 19.1 Å². The van der Waals surface area contributed by atoms with Crippen LogP contribution in [0, 0.1) is 5.92 Å². The van der Waals surface area contributed by atoms with E-state index in [0.717, 1.165) is 18.1 Å². The number of pyridine rings is 1. The molecule has 1 heterocycles. The number of aryl methyl sites for hydroxylation is 1. The van der Waals surface area contributed by atoms with Gasteiger partial charge in [0.1, 0.15) is 11.5 Å². The molecule has 2 N–H and O–H groups in total. The number of hydrogen-bond acceptors (Lipinski definition) is 2. The Morgan fingerprint density at radius 3 is 2.82 bits per heavy atom. The van der Waals surface area contributed by atoms with Crippen molar-refractivity contribution in [2.75, 3.05) is 6.54 Å². The molecule has 1 aromatic heterocycles. The normalized spacial score (nSPS) is 19.2. The van der Waals surface area contributed by atoms with Crippen molar-refractivity contribution >= 4 is 5.84 Å². The van der Waals surface area contributed by atoms with Crippen molar-refractivity contribution in [3.63, 3.8) is 0 Å². The highest BCUT2D eigenvalue weighted by atomic mass is 19.4. The summed E-state index contributed by atoms with van der Waals surface area (Å²) >= 11 is 0. The Labute approximate surface area is 127 Å². The van der Waals surface area contributed by atoms with E-state index in [-0.39, 0.29) is 5.92 Å². The Hall–Kier alpha value is -2.11. The van der Waals surface area contributed by atoms with E-state index in [0.29, 0.717) is 24.5 Å². The average molecular weight is 309 g/mol. The highest BCUT2D eigenvalue weighted by Crippen LogP contribution is 2.30. The van der Waals surface area contributed by atoms with Crippen LogP contribution < -0.4 is 5.73 Å². The number of amidine groups is 1. The van der Waals surface area contributed by atoms with Gasteiger partial charge in [0.15, 0.2) is 0 Å². The predicted molar refractivity (Wildman–Crippen MR) is 80.6 cm³/mol. The molecule has 6 heteroatoms. The Morgan fingerprint density at radius 2 is 2.23 bits per heavy atom. The van der Waals surface area contributed by atoms with Crippen LogP contribution >= 0.6 is 0 Å². The largest absolute Gasteiger partial charge is 0.416 e. The van der Waals surface area contributed by atoms with E-state index in [1.165, 1.54) is 12.2 Å². The molecule has 3 nitrogen and oxygen atoms in total. The van der Waals surface area contributed by atoms with Gasteiger partial charge in [0.2, 0.25) is 0 Å². The number of aliphatic imine (C=N–C) groups is 1. The molecule has 0 fully saturated rings. The first kappa shape index (κ1) is 16.3. The van der Waals surface area contributed by atoms with E-state index in [1.54, 1.807) is 6.20 Å². The van der Waals surface area contributed by atoms with Gasteiger partial charge in [0.05, 0.1) is 5.57 Å². The molecule has 0 spiro atoms. The summed E-state index contributed by atoms with van der Waals surface area (Å²) in [5, 5.41) is 0. The number of rotatable bonds is 4. The summed E-state index contributed by atoms with van der Waals surface area (Å²) < 4.78 is 37.5. The molecule has 22 heavy (non-hydrogen) atoms. The van der Waals surface area contributed by atoms with Crippen LogP contribution in [0.3, 0.4) is 0 Å². The summed E-state index contributed by atoms with van der Waals surface area (Å²) in [7, 11) is 0. The summed E-state index contributed by atoms with van der Waals surface area (Å²) in [6.07, 6.45) is 2.42. The minimum absolute atomic E-state index is 0.0704. The molecule has 2 rings (SSSR count). The first-order valence-electron chi connectivity index (χ1n) is 7.11. The van der Waals surface area contributed by atoms with Gasteiger partial charge in [-0.3, -0.25) is 9.98 Å². The molecule has 118 valence electrons. The van der Waals surface area contributed by atoms with Crippen LogP contribution in [-0.4, -0.2) is 23.5 Å². The van der Waals surface area contributed by atoms with Crippen molar-refractivity contribution < 1.29 is 13.2 Å². The van der Waals surface area contributed by atoms with Crippen LogP contribution in [0.25, 0.3) is 0 Å². The lowest BCUT2D eigenvalue weighted by atomic mass is 9.96. The monoisotopic (exact) mass is 309 g/mol. The zero-order valence-electron chi connectivity index (χ0n) is 12.3. The highest BCUT2D eigenvalue weighted by Gasteiger charge is 2.32. The van der Waals surface area contributed by atoms with Crippen LogP contribution in [0.4, 0.5) is 13.2 Å². The second-order valence-corrected chi connectivity index (χ2v) is 5.14. The third-order valence-corrected chi connectivity index (χ3v) is 3.51. The maximum Gasteiger partial charge on any atom is 0.416 e. The molecule has 1 aliphatic carbocycles. The Kier molecular flexibility index (Phi) is 5.00. The molecule has 0 bridgehead atoms. The number of nitrogens with two attached hydrogens (primary N) is 1. The summed E-state index contributed by atoms with van der Waals surface area (Å²) in [5.41, 5.74) is 7.01. The molecular formula is C16H18F3N3. The van der Waals surface area contributed by atoms with Crippen LogP contribution in [0.2, 0.25) is 0 Å². The Morgan fingerprint density at radius 1 is 1.45 bits per heavy atom. The van der Waals surface area contributed by atoms with E-state index in [2.05, 4.69) is 9.98 Å². The minimum atomic E-state index is -4.28. The standard InChI is InChI=1S/C16H18F3N3/c1-2-11-7-8-21-14(9-11)15(20)22-10-12-3-5-13(6-4-12)16(17,18)19/h3,5-9,12H,2,4,10H2,1H3,(H2,20,22). The topological polar surface area (TPSA) is 51.3 Å².